The van der Waals surface area contributed by atoms with E-state index in [2.05, 4.69) is 23.3 Å². The first-order valence-electron chi connectivity index (χ1n) is 5.82. The predicted molar refractivity (Wildman–Crippen MR) is 66.9 cm³/mol. The van der Waals surface area contributed by atoms with E-state index in [-0.39, 0.29) is 6.10 Å². The fourth-order valence-electron chi connectivity index (χ4n) is 1.88. The Kier molecular flexibility index (Phi) is 3.97. The van der Waals surface area contributed by atoms with Crippen molar-refractivity contribution in [3.63, 3.8) is 0 Å². The highest BCUT2D eigenvalue weighted by atomic mass is 16.5. The van der Waals surface area contributed by atoms with Gasteiger partial charge in [-0.2, -0.15) is 5.26 Å². The summed E-state index contributed by atoms with van der Waals surface area (Å²) in [5.74, 6) is 0. The number of nitrogens with one attached hydrogen (secondary N) is 1. The molecule has 4 heteroatoms. The lowest BCUT2D eigenvalue weighted by Gasteiger charge is -2.30. The zero-order valence-corrected chi connectivity index (χ0v) is 10.0. The van der Waals surface area contributed by atoms with E-state index in [1.165, 1.54) is 0 Å². The van der Waals surface area contributed by atoms with Gasteiger partial charge in [-0.15, -0.1) is 0 Å². The van der Waals surface area contributed by atoms with E-state index in [4.69, 9.17) is 10.00 Å². The van der Waals surface area contributed by atoms with Crippen molar-refractivity contribution in [3.05, 3.63) is 29.8 Å². The largest absolute Gasteiger partial charge is 0.382 e. The molecule has 0 amide bonds. The summed E-state index contributed by atoms with van der Waals surface area (Å²) in [6, 6.07) is 9.58. The number of rotatable bonds is 3. The lowest BCUT2D eigenvalue weighted by molar-refractivity contribution is -0.0117. The van der Waals surface area contributed by atoms with E-state index in [9.17, 15) is 0 Å². The highest BCUT2D eigenvalue weighted by molar-refractivity contribution is 5.47. The SMILES string of the molecule is CN1CCOC(CNc2ccc(C#N)cc2)C1. The topological polar surface area (TPSA) is 48.3 Å². The van der Waals surface area contributed by atoms with Crippen LogP contribution in [-0.4, -0.2) is 44.3 Å². The Balaban J connectivity index is 1.83. The minimum absolute atomic E-state index is 0.240. The summed E-state index contributed by atoms with van der Waals surface area (Å²) in [6.07, 6.45) is 0.240. The van der Waals surface area contributed by atoms with Gasteiger partial charge in [-0.05, 0) is 31.3 Å². The summed E-state index contributed by atoms with van der Waals surface area (Å²) in [6.45, 7) is 3.57. The fourth-order valence-corrected chi connectivity index (χ4v) is 1.88. The second-order valence-electron chi connectivity index (χ2n) is 4.33. The molecule has 1 aromatic rings. The number of nitriles is 1. The van der Waals surface area contributed by atoms with Gasteiger partial charge in [0.1, 0.15) is 0 Å². The van der Waals surface area contributed by atoms with E-state index in [0.29, 0.717) is 5.56 Å². The molecule has 1 N–H and O–H groups in total. The van der Waals surface area contributed by atoms with Crippen LogP contribution in [-0.2, 0) is 4.74 Å². The molecule has 1 aliphatic rings. The van der Waals surface area contributed by atoms with Gasteiger partial charge in [0, 0.05) is 25.3 Å². The van der Waals surface area contributed by atoms with Crippen molar-refractivity contribution in [2.24, 2.45) is 0 Å². The second-order valence-corrected chi connectivity index (χ2v) is 4.33. The van der Waals surface area contributed by atoms with Crippen LogP contribution in [0.15, 0.2) is 24.3 Å². The molecule has 0 spiro atoms. The Bertz CT molecular complexity index is 396. The molecule has 1 saturated heterocycles. The van der Waals surface area contributed by atoms with E-state index in [0.717, 1.165) is 31.9 Å². The van der Waals surface area contributed by atoms with Crippen molar-refractivity contribution in [2.75, 3.05) is 38.6 Å². The van der Waals surface area contributed by atoms with E-state index in [1.807, 2.05) is 24.3 Å². The third-order valence-corrected chi connectivity index (χ3v) is 2.89. The molecule has 4 nitrogen and oxygen atoms in total. The molecular weight excluding hydrogens is 214 g/mol. The van der Waals surface area contributed by atoms with Gasteiger partial charge in [0.15, 0.2) is 0 Å². The maximum atomic E-state index is 8.70. The average Bonchev–Trinajstić information content (AvgIpc) is 2.37. The summed E-state index contributed by atoms with van der Waals surface area (Å²) >= 11 is 0. The minimum Gasteiger partial charge on any atom is -0.382 e. The maximum absolute atomic E-state index is 8.70. The Morgan fingerprint density at radius 2 is 2.24 bits per heavy atom. The first-order chi connectivity index (χ1) is 8.28. The molecule has 0 saturated carbocycles. The molecule has 1 fully saturated rings. The number of benzene rings is 1. The Morgan fingerprint density at radius 1 is 1.47 bits per heavy atom. The van der Waals surface area contributed by atoms with Crippen molar-refractivity contribution < 1.29 is 4.74 Å². The lowest BCUT2D eigenvalue weighted by atomic mass is 10.2. The monoisotopic (exact) mass is 231 g/mol. The van der Waals surface area contributed by atoms with Crippen molar-refractivity contribution in [3.8, 4) is 6.07 Å². The molecule has 0 aromatic heterocycles. The minimum atomic E-state index is 0.240. The smallest absolute Gasteiger partial charge is 0.0991 e. The Morgan fingerprint density at radius 3 is 2.88 bits per heavy atom. The van der Waals surface area contributed by atoms with E-state index in [1.54, 1.807) is 0 Å². The molecule has 1 heterocycles. The molecule has 17 heavy (non-hydrogen) atoms. The molecule has 0 aliphatic carbocycles. The average molecular weight is 231 g/mol. The molecule has 1 aliphatic heterocycles. The van der Waals surface area contributed by atoms with Crippen LogP contribution in [0, 0.1) is 11.3 Å². The zero-order chi connectivity index (χ0) is 12.1. The van der Waals surface area contributed by atoms with E-state index < -0.39 is 0 Å². The predicted octanol–water partition coefficient (Wildman–Crippen LogP) is 1.30. The summed E-state index contributed by atoms with van der Waals surface area (Å²) in [5.41, 5.74) is 1.71. The van der Waals surface area contributed by atoms with E-state index >= 15 is 0 Å². The summed E-state index contributed by atoms with van der Waals surface area (Å²) in [7, 11) is 2.11. The van der Waals surface area contributed by atoms with Gasteiger partial charge >= 0.3 is 0 Å². The molecule has 90 valence electrons. The highest BCUT2D eigenvalue weighted by Crippen LogP contribution is 2.10. The van der Waals surface area contributed by atoms with Crippen LogP contribution in [0.2, 0.25) is 0 Å². The van der Waals surface area contributed by atoms with Crippen LogP contribution in [0.25, 0.3) is 0 Å². The molecule has 0 bridgehead atoms. The number of ether oxygens (including phenoxy) is 1. The van der Waals surface area contributed by atoms with Crippen LogP contribution in [0.1, 0.15) is 5.56 Å². The third kappa shape index (κ3) is 3.45. The van der Waals surface area contributed by atoms with Crippen LogP contribution >= 0.6 is 0 Å². The Hall–Kier alpha value is -1.57. The lowest BCUT2D eigenvalue weighted by Crippen LogP contribution is -2.43. The highest BCUT2D eigenvalue weighted by Gasteiger charge is 2.16. The zero-order valence-electron chi connectivity index (χ0n) is 10.0. The number of likely N-dealkylation sites (N-methyl/N-ethyl adjacent to an activating group) is 1. The Labute approximate surface area is 102 Å². The van der Waals surface area contributed by atoms with Crippen LogP contribution in [0.4, 0.5) is 5.69 Å². The molecule has 0 radical (unpaired) electrons. The normalized spacial score (nSPS) is 20.8. The molecule has 2 rings (SSSR count). The first kappa shape index (κ1) is 11.9. The number of hydrogen-bond donors (Lipinski definition) is 1. The van der Waals surface area contributed by atoms with Gasteiger partial charge in [-0.25, -0.2) is 0 Å². The standard InChI is InChI=1S/C13H17N3O/c1-16-6-7-17-13(10-16)9-15-12-4-2-11(8-14)3-5-12/h2-5,13,15H,6-7,9-10H2,1H3. The van der Waals surface area contributed by atoms with Crippen molar-refractivity contribution in [1.29, 1.82) is 5.26 Å². The first-order valence-corrected chi connectivity index (χ1v) is 5.82. The van der Waals surface area contributed by atoms with Crippen molar-refractivity contribution in [1.82, 2.24) is 4.90 Å². The van der Waals surface area contributed by atoms with Crippen LogP contribution in [0.3, 0.4) is 0 Å². The maximum Gasteiger partial charge on any atom is 0.0991 e. The third-order valence-electron chi connectivity index (χ3n) is 2.89. The van der Waals surface area contributed by atoms with Gasteiger partial charge in [-0.1, -0.05) is 0 Å². The van der Waals surface area contributed by atoms with Gasteiger partial charge < -0.3 is 15.0 Å². The van der Waals surface area contributed by atoms with Crippen LogP contribution < -0.4 is 5.32 Å². The van der Waals surface area contributed by atoms with Gasteiger partial charge in [-0.3, -0.25) is 0 Å². The molecule has 1 aromatic carbocycles. The number of morpholine rings is 1. The molecule has 1 unspecified atom stereocenters. The summed E-state index contributed by atoms with van der Waals surface area (Å²) in [4.78, 5) is 2.27. The summed E-state index contributed by atoms with van der Waals surface area (Å²) in [5, 5.41) is 12.0. The number of nitrogens with zero attached hydrogens (tertiary/aromatic N) is 2. The second kappa shape index (κ2) is 5.67. The molecule has 1 atom stereocenters. The van der Waals surface area contributed by atoms with Crippen molar-refractivity contribution in [2.45, 2.75) is 6.10 Å². The summed E-state index contributed by atoms with van der Waals surface area (Å²) < 4.78 is 5.66. The fraction of sp³-hybridized carbons (Fsp3) is 0.462. The van der Waals surface area contributed by atoms with Gasteiger partial charge in [0.05, 0.1) is 24.3 Å². The quantitative estimate of drug-likeness (QED) is 0.852. The molecular formula is C13H17N3O. The van der Waals surface area contributed by atoms with Gasteiger partial charge in [0.2, 0.25) is 0 Å². The number of anilines is 1. The van der Waals surface area contributed by atoms with Gasteiger partial charge in [0.25, 0.3) is 0 Å². The van der Waals surface area contributed by atoms with Crippen LogP contribution in [0.5, 0.6) is 0 Å². The van der Waals surface area contributed by atoms with Crippen molar-refractivity contribution >= 4 is 5.69 Å². The number of hydrogen-bond acceptors (Lipinski definition) is 4.